The Morgan fingerprint density at radius 2 is 1.73 bits per heavy atom. The molecular formula is C21H32N7O17P3S+2. The van der Waals surface area contributed by atoms with Gasteiger partial charge in [-0.1, -0.05) is 0 Å². The van der Waals surface area contributed by atoms with Crippen molar-refractivity contribution < 1.29 is 89.2 Å². The molecule has 9 heterocycles. The molecule has 9 rings (SSSR count). The van der Waals surface area contributed by atoms with E-state index in [1.165, 1.54) is 29.1 Å². The molecular weight excluding hydrogens is 747 g/mol. The van der Waals surface area contributed by atoms with Gasteiger partial charge in [-0.3, -0.25) is 23.4 Å². The number of carbonyl (C=O) groups is 1. The number of primary amides is 1. The molecule has 0 aromatic carbocycles. The monoisotopic (exact) mass is 779 g/mol. The molecule has 12 N–H and O–H groups in total. The minimum absolute atomic E-state index is 0.0550. The molecule has 7 unspecified atom stereocenters. The van der Waals surface area contributed by atoms with Gasteiger partial charge < -0.3 is 55.8 Å². The third-order valence-electron chi connectivity index (χ3n) is 9.85. The van der Waals surface area contributed by atoms with Crippen LogP contribution >= 0.6 is 33.9 Å². The van der Waals surface area contributed by atoms with E-state index >= 15 is 0 Å². The molecule has 49 heavy (non-hydrogen) atoms. The summed E-state index contributed by atoms with van der Waals surface area (Å²) in [5.41, 5.74) is 11.5. The number of fused-ring (bicyclic) bond motifs is 1. The number of aliphatic hydroxyl groups is 3. The standard InChI is InChI=1S/C21H30N7O17P3S/c22-16(32)9-2-1-3-26(4-9)17-14(31)12(29)10(42-17)5-40-47(36,37)45-48(38,39)41-6-11-13(30)15(44-46(33,34)35)18(43-11)28-8-25-20-19(23)24-7-27-21(20,28)49(20,27)28/h1-4,7,10-15,17-19,25,29-31H,5-6,8,23H2,(H4-2,22,32,33,34,35,36,37,38,39)/p+2/t10-,11-,12-,13-,14-,15-,17-,18-,19?,20?,21?,27?,28?/m1/s1. The quantitative estimate of drug-likeness (QED) is 0.0390. The second-order valence-electron chi connectivity index (χ2n) is 12.2. The number of hydrogen-bond donors (Lipinski definition) is 10. The highest BCUT2D eigenvalue weighted by atomic mass is 32.3. The molecule has 0 radical (unpaired) electrons. The molecule has 24 nitrogen and oxygen atoms in total. The fourth-order valence-electron chi connectivity index (χ4n) is 8.00. The lowest BCUT2D eigenvalue weighted by Crippen LogP contribution is -2.71. The van der Waals surface area contributed by atoms with E-state index in [4.69, 9.17) is 34.5 Å². The third-order valence-corrected chi connectivity index (χ3v) is 18.1. The Balaban J connectivity index is 0.890. The lowest BCUT2D eigenvalue weighted by Gasteiger charge is -2.48. The van der Waals surface area contributed by atoms with Gasteiger partial charge in [0, 0.05) is 6.07 Å². The number of nitrogens with one attached hydrogen (secondary N) is 1. The molecule has 0 saturated carbocycles. The molecule has 7 fully saturated rings. The molecule has 2 bridgehead atoms. The SMILES string of the molecule is NC(=O)c1ccc[n+]([C@@H]2O[C@H](COP(=O)(O)OP(=O)(O)OC[C@H]3O[C@@H]([N+]45CNC67C(N)N=CN8C64S875)[C@H](OP(=O)(O)O)[C@@H]3O)[C@@H](O)[C@H]2O)c1. The van der Waals surface area contributed by atoms with Gasteiger partial charge in [0.2, 0.25) is 6.23 Å². The third kappa shape index (κ3) is 4.29. The van der Waals surface area contributed by atoms with Crippen LogP contribution in [0.4, 0.5) is 0 Å². The number of pyridine rings is 1. The summed E-state index contributed by atoms with van der Waals surface area (Å²) in [5, 5.41) is 35.1. The molecule has 3 spiro atoms. The second-order valence-corrected chi connectivity index (χ2v) is 19.8. The Bertz CT molecular complexity index is 1790. The first-order chi connectivity index (χ1) is 22.8. The Labute approximate surface area is 276 Å². The van der Waals surface area contributed by atoms with Gasteiger partial charge in [0.25, 0.3) is 17.0 Å². The number of aliphatic imine (C=N–C) groups is 1. The molecule has 272 valence electrons. The maximum absolute atomic E-state index is 12.7. The average Bonchev–Trinajstić information content (AvgIpc) is 3.82. The van der Waals surface area contributed by atoms with Crippen LogP contribution in [0.3, 0.4) is 0 Å². The number of hydrogen-bond acceptors (Lipinski definition) is 17. The van der Waals surface area contributed by atoms with Crippen LogP contribution in [0, 0.1) is 0 Å². The van der Waals surface area contributed by atoms with Gasteiger partial charge in [0.1, 0.15) is 59.6 Å². The lowest BCUT2D eigenvalue weighted by molar-refractivity contribution is -0.855. The van der Waals surface area contributed by atoms with E-state index < -0.39 is 118 Å². The number of nitrogens with zero attached hydrogens (tertiary/aromatic N) is 4. The van der Waals surface area contributed by atoms with Crippen molar-refractivity contribution in [2.24, 2.45) is 16.5 Å². The van der Waals surface area contributed by atoms with E-state index in [-0.39, 0.29) is 16.1 Å². The summed E-state index contributed by atoms with van der Waals surface area (Å²) in [6, 6.07) is 2.82. The highest BCUT2D eigenvalue weighted by molar-refractivity contribution is 8.48. The van der Waals surface area contributed by atoms with Crippen molar-refractivity contribution in [3.8, 4) is 0 Å². The topological polar surface area (TPSA) is 349 Å². The van der Waals surface area contributed by atoms with Gasteiger partial charge in [-0.05, 0) is 6.07 Å². The molecule has 0 aliphatic carbocycles. The zero-order valence-corrected chi connectivity index (χ0v) is 28.1. The first kappa shape index (κ1) is 34.6. The number of amides is 1. The summed E-state index contributed by atoms with van der Waals surface area (Å²) in [6.45, 7) is -1.64. The van der Waals surface area contributed by atoms with Crippen LogP contribution in [0.2, 0.25) is 0 Å². The number of phosphoric ester groups is 3. The van der Waals surface area contributed by atoms with E-state index in [1.807, 2.05) is 4.31 Å². The average molecular weight is 780 g/mol. The van der Waals surface area contributed by atoms with Crippen molar-refractivity contribution in [2.45, 2.75) is 65.1 Å². The van der Waals surface area contributed by atoms with E-state index in [2.05, 4.69) is 14.6 Å². The van der Waals surface area contributed by atoms with Crippen LogP contribution in [-0.4, -0.2) is 134 Å². The van der Waals surface area contributed by atoms with Gasteiger partial charge in [-0.2, -0.15) is 12.8 Å². The van der Waals surface area contributed by atoms with Gasteiger partial charge in [-0.25, -0.2) is 23.3 Å². The van der Waals surface area contributed by atoms with Crippen LogP contribution < -0.4 is 21.4 Å². The zero-order valence-electron chi connectivity index (χ0n) is 24.6. The molecule has 1 amide bonds. The first-order valence-electron chi connectivity index (χ1n) is 14.4. The molecule has 8 aliphatic rings. The van der Waals surface area contributed by atoms with E-state index in [1.54, 1.807) is 6.34 Å². The van der Waals surface area contributed by atoms with Crippen LogP contribution in [0.15, 0.2) is 29.5 Å². The van der Waals surface area contributed by atoms with Crippen molar-refractivity contribution >= 4 is 46.1 Å². The van der Waals surface area contributed by atoms with Crippen molar-refractivity contribution in [3.05, 3.63) is 30.1 Å². The highest BCUT2D eigenvalue weighted by Crippen LogP contribution is 3.29. The maximum atomic E-state index is 12.7. The summed E-state index contributed by atoms with van der Waals surface area (Å²) in [6.07, 6.45) is -8.46. The number of quaternary nitrogens is 1. The van der Waals surface area contributed by atoms with Crippen LogP contribution in [-0.2, 0) is 41.1 Å². The summed E-state index contributed by atoms with van der Waals surface area (Å²) in [4.78, 5) is 54.2. The summed E-state index contributed by atoms with van der Waals surface area (Å²) >= 11 is 0. The number of aliphatic hydroxyl groups excluding tert-OH is 3. The molecule has 1 aromatic heterocycles. The smallest absolute Gasteiger partial charge is 0.387 e. The summed E-state index contributed by atoms with van der Waals surface area (Å²) in [7, 11) is -17.8. The van der Waals surface area contributed by atoms with Crippen molar-refractivity contribution in [1.82, 2.24) is 9.62 Å². The van der Waals surface area contributed by atoms with Gasteiger partial charge in [-0.15, -0.1) is 0 Å². The molecule has 8 aliphatic heterocycles. The number of phosphoric acid groups is 3. The largest absolute Gasteiger partial charge is 0.481 e. The van der Waals surface area contributed by atoms with E-state index in [9.17, 15) is 53.4 Å². The number of rotatable bonds is 13. The lowest BCUT2D eigenvalue weighted by atomic mass is 10.1. The van der Waals surface area contributed by atoms with Crippen molar-refractivity contribution in [1.29, 1.82) is 0 Å². The van der Waals surface area contributed by atoms with Crippen LogP contribution in [0.25, 0.3) is 0 Å². The Hall–Kier alpha value is -1.51. The molecule has 1 aromatic rings. The van der Waals surface area contributed by atoms with Crippen LogP contribution in [0.5, 0.6) is 0 Å². The number of ether oxygens (including phenoxy) is 2. The molecule has 7 saturated heterocycles. The molecule has 28 heteroatoms. The highest BCUT2D eigenvalue weighted by Gasteiger charge is 3.41. The normalized spacial score (nSPS) is 49.0. The number of aromatic nitrogens is 1. The van der Waals surface area contributed by atoms with E-state index in [0.29, 0.717) is 0 Å². The molecule has 15 atom stereocenters. The summed E-state index contributed by atoms with van der Waals surface area (Å²) < 4.78 is 70.7. The van der Waals surface area contributed by atoms with Gasteiger partial charge in [0.15, 0.2) is 24.6 Å². The minimum atomic E-state index is -5.47. The predicted molar refractivity (Wildman–Crippen MR) is 155 cm³/mol. The first-order valence-corrected chi connectivity index (χ1v) is 20.5. The predicted octanol–water partition coefficient (Wildman–Crippen LogP) is -4.46. The number of nitrogens with two attached hydrogens (primary N) is 2. The van der Waals surface area contributed by atoms with E-state index in [0.717, 1.165) is 0 Å². The maximum Gasteiger partial charge on any atom is 0.481 e. The Kier molecular flexibility index (Phi) is 7.44. The second kappa shape index (κ2) is 10.6. The fourth-order valence-corrected chi connectivity index (χ4v) is 17.1. The zero-order chi connectivity index (χ0) is 35.3. The Morgan fingerprint density at radius 1 is 1.10 bits per heavy atom. The van der Waals surface area contributed by atoms with Gasteiger partial charge in [0.05, 0.1) is 13.2 Å². The number of carbonyl (C=O) groups excluding carboxylic acids is 1. The minimum Gasteiger partial charge on any atom is -0.387 e. The van der Waals surface area contributed by atoms with Crippen molar-refractivity contribution in [3.63, 3.8) is 0 Å². The Morgan fingerprint density at radius 3 is 2.35 bits per heavy atom. The van der Waals surface area contributed by atoms with Crippen molar-refractivity contribution in [2.75, 3.05) is 19.9 Å². The van der Waals surface area contributed by atoms with Crippen LogP contribution in [0.1, 0.15) is 16.6 Å². The van der Waals surface area contributed by atoms with Gasteiger partial charge >= 0.3 is 28.5 Å². The summed E-state index contributed by atoms with van der Waals surface area (Å²) in [5.74, 6) is -0.778. The fraction of sp³-hybridized carbons (Fsp3) is 0.667.